The Kier molecular flexibility index (Phi) is 8.05. The monoisotopic (exact) mass is 537 g/mol. The summed E-state index contributed by atoms with van der Waals surface area (Å²) in [6.45, 7) is -0.208. The van der Waals surface area contributed by atoms with Gasteiger partial charge in [0.2, 0.25) is 17.7 Å². The van der Waals surface area contributed by atoms with Gasteiger partial charge in [-0.25, -0.2) is 4.79 Å². The minimum atomic E-state index is -0.738. The van der Waals surface area contributed by atoms with Gasteiger partial charge < -0.3 is 41.2 Å². The summed E-state index contributed by atoms with van der Waals surface area (Å²) < 4.78 is 16.5. The van der Waals surface area contributed by atoms with Crippen LogP contribution in [0.5, 0.6) is 0 Å². The molecule has 0 unspecified atom stereocenters. The van der Waals surface area contributed by atoms with E-state index in [0.29, 0.717) is 6.61 Å². The Morgan fingerprint density at radius 3 is 2.00 bits per heavy atom. The standard InChI is InChI=1S/C27H31N5O7/c28-20-13-37-26-21(14-38-25(20)26)32-24(35)11-30-22(33)9-29-23(34)10-31-27(36)39-12-19-17-7-3-1-5-15(17)16-6-2-4-8-18(16)19/h1-8,19-21,25-26H,9-14,28H2,(H,29,34)(H,30,33)(H,31,36)(H,32,35)/t20-,21-,25+,26+/m0/s1. The molecule has 2 aliphatic heterocycles. The van der Waals surface area contributed by atoms with Crippen LogP contribution >= 0.6 is 0 Å². The summed E-state index contributed by atoms with van der Waals surface area (Å²) in [5.74, 6) is -1.64. The number of nitrogens with one attached hydrogen (secondary N) is 4. The summed E-state index contributed by atoms with van der Waals surface area (Å²) in [5.41, 5.74) is 10.3. The van der Waals surface area contributed by atoms with E-state index in [9.17, 15) is 19.2 Å². The SMILES string of the molecule is N[C@H]1CO[C@H]2[C@@H]1OC[C@@H]2NC(=O)CNC(=O)CNC(=O)CNC(=O)OCC1c2ccccc2-c2ccccc21. The van der Waals surface area contributed by atoms with Crippen LogP contribution in [0.4, 0.5) is 4.79 Å². The molecule has 2 fully saturated rings. The molecule has 206 valence electrons. The van der Waals surface area contributed by atoms with Crippen LogP contribution in [0, 0.1) is 0 Å². The van der Waals surface area contributed by atoms with Crippen LogP contribution in [0.3, 0.4) is 0 Å². The summed E-state index contributed by atoms with van der Waals surface area (Å²) in [4.78, 5) is 48.5. The van der Waals surface area contributed by atoms with E-state index < -0.39 is 23.8 Å². The zero-order valence-corrected chi connectivity index (χ0v) is 21.2. The molecule has 0 bridgehead atoms. The van der Waals surface area contributed by atoms with Gasteiger partial charge in [-0.3, -0.25) is 14.4 Å². The Morgan fingerprint density at radius 1 is 0.769 bits per heavy atom. The van der Waals surface area contributed by atoms with Crippen molar-refractivity contribution in [3.63, 3.8) is 0 Å². The number of hydrogen-bond acceptors (Lipinski definition) is 8. The first-order chi connectivity index (χ1) is 18.9. The number of carbonyl (C=O) groups excluding carboxylic acids is 4. The van der Waals surface area contributed by atoms with Gasteiger partial charge >= 0.3 is 6.09 Å². The molecule has 0 radical (unpaired) electrons. The number of benzene rings is 2. The van der Waals surface area contributed by atoms with Crippen molar-refractivity contribution >= 4 is 23.8 Å². The first kappa shape index (κ1) is 26.6. The summed E-state index contributed by atoms with van der Waals surface area (Å²) >= 11 is 0. The third-order valence-corrected chi connectivity index (χ3v) is 7.07. The fraction of sp³-hybridized carbons (Fsp3) is 0.407. The smallest absolute Gasteiger partial charge is 0.407 e. The van der Waals surface area contributed by atoms with Crippen LogP contribution in [-0.2, 0) is 28.6 Å². The zero-order valence-electron chi connectivity index (χ0n) is 21.2. The predicted octanol–water partition coefficient (Wildman–Crippen LogP) is -0.633. The maximum absolute atomic E-state index is 12.2. The maximum atomic E-state index is 12.2. The van der Waals surface area contributed by atoms with E-state index in [1.807, 2.05) is 48.5 Å². The normalized spacial score (nSPS) is 22.8. The van der Waals surface area contributed by atoms with Gasteiger partial charge in [0.05, 0.1) is 38.4 Å². The molecule has 6 N–H and O–H groups in total. The molecule has 2 aromatic rings. The molecule has 0 spiro atoms. The summed E-state index contributed by atoms with van der Waals surface area (Å²) in [7, 11) is 0. The zero-order chi connectivity index (χ0) is 27.4. The lowest BCUT2D eigenvalue weighted by Crippen LogP contribution is -2.49. The van der Waals surface area contributed by atoms with E-state index in [1.54, 1.807) is 0 Å². The van der Waals surface area contributed by atoms with Crippen molar-refractivity contribution in [1.29, 1.82) is 0 Å². The number of nitrogens with two attached hydrogens (primary N) is 1. The number of fused-ring (bicyclic) bond motifs is 4. The maximum Gasteiger partial charge on any atom is 0.407 e. The lowest BCUT2D eigenvalue weighted by molar-refractivity contribution is -0.127. The van der Waals surface area contributed by atoms with Crippen LogP contribution in [0.2, 0.25) is 0 Å². The third-order valence-electron chi connectivity index (χ3n) is 7.07. The second kappa shape index (κ2) is 11.8. The third kappa shape index (κ3) is 6.03. The molecule has 39 heavy (non-hydrogen) atoms. The Morgan fingerprint density at radius 2 is 1.33 bits per heavy atom. The number of ether oxygens (including phenoxy) is 3. The summed E-state index contributed by atoms with van der Waals surface area (Å²) in [6.07, 6.45) is -1.29. The van der Waals surface area contributed by atoms with Gasteiger partial charge in [0.25, 0.3) is 0 Å². The predicted molar refractivity (Wildman–Crippen MR) is 138 cm³/mol. The van der Waals surface area contributed by atoms with Gasteiger partial charge in [-0.2, -0.15) is 0 Å². The quantitative estimate of drug-likeness (QED) is 0.281. The molecule has 2 heterocycles. The van der Waals surface area contributed by atoms with E-state index in [1.165, 1.54) is 0 Å². The van der Waals surface area contributed by atoms with E-state index in [2.05, 4.69) is 21.3 Å². The minimum Gasteiger partial charge on any atom is -0.449 e. The largest absolute Gasteiger partial charge is 0.449 e. The second-order valence-electron chi connectivity index (χ2n) is 9.67. The van der Waals surface area contributed by atoms with Gasteiger partial charge in [0.15, 0.2) is 0 Å². The fourth-order valence-corrected chi connectivity index (χ4v) is 5.19. The Labute approximate surface area is 224 Å². The molecule has 3 aliphatic rings. The van der Waals surface area contributed by atoms with Crippen molar-refractivity contribution in [1.82, 2.24) is 21.3 Å². The molecule has 0 saturated carbocycles. The minimum absolute atomic E-state index is 0.0937. The average Bonchev–Trinajstić information content (AvgIpc) is 3.62. The molecular weight excluding hydrogens is 506 g/mol. The first-order valence-corrected chi connectivity index (χ1v) is 12.8. The van der Waals surface area contributed by atoms with E-state index >= 15 is 0 Å². The van der Waals surface area contributed by atoms with Crippen LogP contribution in [0.15, 0.2) is 48.5 Å². The fourth-order valence-electron chi connectivity index (χ4n) is 5.19. The van der Waals surface area contributed by atoms with Crippen molar-refractivity contribution in [2.75, 3.05) is 39.5 Å². The van der Waals surface area contributed by atoms with Gasteiger partial charge in [0, 0.05) is 5.92 Å². The highest BCUT2D eigenvalue weighted by Gasteiger charge is 2.46. The van der Waals surface area contributed by atoms with Gasteiger partial charge in [-0.1, -0.05) is 48.5 Å². The number of rotatable bonds is 9. The lowest BCUT2D eigenvalue weighted by atomic mass is 9.98. The van der Waals surface area contributed by atoms with E-state index in [4.69, 9.17) is 19.9 Å². The average molecular weight is 538 g/mol. The van der Waals surface area contributed by atoms with Crippen LogP contribution in [-0.4, -0.2) is 87.6 Å². The van der Waals surface area contributed by atoms with Crippen molar-refractivity contribution in [2.24, 2.45) is 5.73 Å². The number of alkyl carbamates (subject to hydrolysis) is 1. The molecule has 1 aliphatic carbocycles. The molecule has 2 saturated heterocycles. The molecule has 4 atom stereocenters. The molecule has 2 aromatic carbocycles. The van der Waals surface area contributed by atoms with Crippen molar-refractivity contribution in [3.05, 3.63) is 59.7 Å². The van der Waals surface area contributed by atoms with Crippen molar-refractivity contribution in [3.8, 4) is 11.1 Å². The Hall–Kier alpha value is -4.00. The second-order valence-corrected chi connectivity index (χ2v) is 9.67. The van der Waals surface area contributed by atoms with Gasteiger partial charge in [0.1, 0.15) is 25.4 Å². The highest BCUT2D eigenvalue weighted by molar-refractivity contribution is 5.89. The topological polar surface area (TPSA) is 170 Å². The number of amides is 4. The van der Waals surface area contributed by atoms with Crippen molar-refractivity contribution < 1.29 is 33.4 Å². The molecule has 12 nitrogen and oxygen atoms in total. The Balaban J connectivity index is 0.973. The molecule has 5 rings (SSSR count). The summed E-state index contributed by atoms with van der Waals surface area (Å²) in [5, 5.41) is 9.96. The van der Waals surface area contributed by atoms with Crippen LogP contribution in [0.25, 0.3) is 11.1 Å². The van der Waals surface area contributed by atoms with Crippen molar-refractivity contribution in [2.45, 2.75) is 30.2 Å². The number of carbonyl (C=O) groups is 4. The molecule has 4 amide bonds. The van der Waals surface area contributed by atoms with Gasteiger partial charge in [-0.15, -0.1) is 0 Å². The summed E-state index contributed by atoms with van der Waals surface area (Å²) in [6, 6.07) is 15.4. The highest BCUT2D eigenvalue weighted by atomic mass is 16.6. The Bertz CT molecular complexity index is 1210. The first-order valence-electron chi connectivity index (χ1n) is 12.8. The molecule has 12 heteroatoms. The van der Waals surface area contributed by atoms with Crippen LogP contribution in [0.1, 0.15) is 17.0 Å². The van der Waals surface area contributed by atoms with Crippen LogP contribution < -0.4 is 27.0 Å². The van der Waals surface area contributed by atoms with E-state index in [-0.39, 0.29) is 63.1 Å². The molecule has 0 aromatic heterocycles. The molecular formula is C27H31N5O7. The highest BCUT2D eigenvalue weighted by Crippen LogP contribution is 2.44. The number of hydrogen-bond donors (Lipinski definition) is 5. The van der Waals surface area contributed by atoms with E-state index in [0.717, 1.165) is 22.3 Å². The van der Waals surface area contributed by atoms with Gasteiger partial charge in [-0.05, 0) is 22.3 Å². The lowest BCUT2D eigenvalue weighted by Gasteiger charge is -2.17.